The van der Waals surface area contributed by atoms with Crippen LogP contribution in [0.25, 0.3) is 10.9 Å². The lowest BCUT2D eigenvalue weighted by atomic mass is 10.2. The third-order valence-electron chi connectivity index (χ3n) is 2.30. The number of nitrogens with zero attached hydrogens (tertiary/aromatic N) is 1. The number of benzene rings is 1. The van der Waals surface area contributed by atoms with Gasteiger partial charge in [0.15, 0.2) is 6.61 Å². The lowest BCUT2D eigenvalue weighted by molar-refractivity contribution is -0.121. The summed E-state index contributed by atoms with van der Waals surface area (Å²) in [5.41, 5.74) is 5.36. The number of hydrogen-bond acceptors (Lipinski definition) is 4. The van der Waals surface area contributed by atoms with Crippen LogP contribution in [0.15, 0.2) is 30.5 Å². The zero-order valence-corrected chi connectivity index (χ0v) is 10.5. The van der Waals surface area contributed by atoms with Gasteiger partial charge in [-0.1, -0.05) is 11.6 Å². The largest absolute Gasteiger partial charge is 0.481 e. The van der Waals surface area contributed by atoms with Crippen molar-refractivity contribution >= 4 is 34.4 Å². The number of aromatic nitrogens is 1. The molecule has 0 atom stereocenters. The van der Waals surface area contributed by atoms with Crippen molar-refractivity contribution in [1.29, 1.82) is 0 Å². The van der Waals surface area contributed by atoms with Crippen LogP contribution in [0.3, 0.4) is 0 Å². The Morgan fingerprint density at radius 3 is 2.89 bits per heavy atom. The quantitative estimate of drug-likeness (QED) is 0.889. The molecule has 1 aromatic carbocycles. The van der Waals surface area contributed by atoms with E-state index in [0.29, 0.717) is 16.3 Å². The van der Waals surface area contributed by atoms with Crippen LogP contribution in [-0.2, 0) is 4.79 Å². The van der Waals surface area contributed by atoms with Gasteiger partial charge in [0.2, 0.25) is 0 Å². The number of pyridine rings is 1. The molecule has 0 radical (unpaired) electrons. The number of halogens is 1. The number of carbonyl (C=O) groups is 2. The normalized spacial score (nSPS) is 10.2. The molecule has 0 spiro atoms. The summed E-state index contributed by atoms with van der Waals surface area (Å²) in [5, 5.41) is 3.16. The Balaban J connectivity index is 2.20. The van der Waals surface area contributed by atoms with Gasteiger partial charge in [0.25, 0.3) is 5.91 Å². The number of amides is 3. The first-order valence-electron chi connectivity index (χ1n) is 5.33. The first-order valence-corrected chi connectivity index (χ1v) is 5.71. The molecule has 1 heterocycles. The molecule has 0 unspecified atom stereocenters. The van der Waals surface area contributed by atoms with Gasteiger partial charge in [-0.05, 0) is 24.3 Å². The second-order valence-electron chi connectivity index (χ2n) is 3.65. The summed E-state index contributed by atoms with van der Waals surface area (Å²) in [6.45, 7) is -0.337. The van der Waals surface area contributed by atoms with Crippen LogP contribution in [0.2, 0.25) is 5.02 Å². The van der Waals surface area contributed by atoms with Crippen LogP contribution < -0.4 is 15.8 Å². The van der Waals surface area contributed by atoms with E-state index in [1.165, 1.54) is 0 Å². The fraction of sp³-hybridized carbons (Fsp3) is 0.0833. The number of carbonyl (C=O) groups excluding carboxylic acids is 2. The minimum atomic E-state index is -0.923. The van der Waals surface area contributed by atoms with Crippen molar-refractivity contribution in [1.82, 2.24) is 10.3 Å². The van der Waals surface area contributed by atoms with Gasteiger partial charge in [0.1, 0.15) is 11.3 Å². The van der Waals surface area contributed by atoms with Gasteiger partial charge in [-0.2, -0.15) is 0 Å². The maximum atomic E-state index is 11.2. The van der Waals surface area contributed by atoms with Gasteiger partial charge < -0.3 is 10.5 Å². The van der Waals surface area contributed by atoms with E-state index in [1.807, 2.05) is 5.32 Å². The van der Waals surface area contributed by atoms with E-state index in [-0.39, 0.29) is 6.61 Å². The Bertz CT molecular complexity index is 645. The highest BCUT2D eigenvalue weighted by Gasteiger charge is 2.09. The molecule has 2 rings (SSSR count). The van der Waals surface area contributed by atoms with E-state index in [0.717, 1.165) is 5.39 Å². The summed E-state index contributed by atoms with van der Waals surface area (Å²) < 4.78 is 5.30. The van der Waals surface area contributed by atoms with Crippen LogP contribution in [0.1, 0.15) is 0 Å². The third-order valence-corrected chi connectivity index (χ3v) is 2.63. The monoisotopic (exact) mass is 279 g/mol. The van der Waals surface area contributed by atoms with E-state index in [1.54, 1.807) is 30.5 Å². The van der Waals surface area contributed by atoms with E-state index >= 15 is 0 Å². The van der Waals surface area contributed by atoms with E-state index in [2.05, 4.69) is 4.98 Å². The second kappa shape index (κ2) is 5.53. The molecule has 0 saturated carbocycles. The van der Waals surface area contributed by atoms with Crippen molar-refractivity contribution < 1.29 is 14.3 Å². The van der Waals surface area contributed by atoms with Gasteiger partial charge in [-0.15, -0.1) is 0 Å². The molecule has 0 aliphatic rings. The molecular formula is C12H10ClN3O3. The minimum absolute atomic E-state index is 0.337. The smallest absolute Gasteiger partial charge is 0.318 e. The molecule has 98 valence electrons. The molecular weight excluding hydrogens is 270 g/mol. The predicted molar refractivity (Wildman–Crippen MR) is 70.0 cm³/mol. The first-order chi connectivity index (χ1) is 9.08. The Labute approximate surface area is 113 Å². The zero-order chi connectivity index (χ0) is 13.8. The molecule has 0 fully saturated rings. The summed E-state index contributed by atoms with van der Waals surface area (Å²) in [5.74, 6) is -0.230. The average Bonchev–Trinajstić information content (AvgIpc) is 2.37. The number of primary amides is 1. The molecule has 0 saturated heterocycles. The molecule has 0 aliphatic heterocycles. The number of hydrogen-bond donors (Lipinski definition) is 2. The van der Waals surface area contributed by atoms with E-state index < -0.39 is 11.9 Å². The SMILES string of the molecule is NC(=O)NC(=O)COc1ccc(Cl)c2cccnc12. The average molecular weight is 280 g/mol. The predicted octanol–water partition coefficient (Wildman–Crippen LogP) is 1.46. The van der Waals surface area contributed by atoms with E-state index in [9.17, 15) is 9.59 Å². The van der Waals surface area contributed by atoms with Crippen molar-refractivity contribution in [2.75, 3.05) is 6.61 Å². The first kappa shape index (κ1) is 13.1. The summed E-state index contributed by atoms with van der Waals surface area (Å²) in [6.07, 6.45) is 1.59. The van der Waals surface area contributed by atoms with E-state index in [4.69, 9.17) is 22.1 Å². The number of nitrogens with two attached hydrogens (primary N) is 1. The van der Waals surface area contributed by atoms with Crippen LogP contribution >= 0.6 is 11.6 Å². The molecule has 3 N–H and O–H groups in total. The fourth-order valence-electron chi connectivity index (χ4n) is 1.55. The Morgan fingerprint density at radius 1 is 1.37 bits per heavy atom. The highest BCUT2D eigenvalue weighted by Crippen LogP contribution is 2.29. The van der Waals surface area contributed by atoms with Gasteiger partial charge in [-0.3, -0.25) is 15.1 Å². The number of rotatable bonds is 3. The topological polar surface area (TPSA) is 94.3 Å². The number of ether oxygens (including phenoxy) is 1. The molecule has 7 heteroatoms. The number of nitrogens with one attached hydrogen (secondary N) is 1. The Morgan fingerprint density at radius 2 is 2.16 bits per heavy atom. The van der Waals surface area contributed by atoms with Crippen molar-refractivity contribution in [3.05, 3.63) is 35.5 Å². The van der Waals surface area contributed by atoms with Gasteiger partial charge in [-0.25, -0.2) is 4.79 Å². The van der Waals surface area contributed by atoms with Crippen molar-refractivity contribution in [2.45, 2.75) is 0 Å². The Kier molecular flexibility index (Phi) is 3.82. The fourth-order valence-corrected chi connectivity index (χ4v) is 1.76. The number of urea groups is 1. The van der Waals surface area contributed by atoms with Crippen LogP contribution in [0, 0.1) is 0 Å². The molecule has 3 amide bonds. The molecule has 6 nitrogen and oxygen atoms in total. The lowest BCUT2D eigenvalue weighted by Crippen LogP contribution is -2.38. The van der Waals surface area contributed by atoms with Gasteiger partial charge in [0, 0.05) is 11.6 Å². The van der Waals surface area contributed by atoms with Crippen molar-refractivity contribution in [3.8, 4) is 5.75 Å². The Hall–Kier alpha value is -2.34. The summed E-state index contributed by atoms with van der Waals surface area (Å²) in [4.78, 5) is 25.9. The summed E-state index contributed by atoms with van der Waals surface area (Å²) >= 11 is 6.02. The second-order valence-corrected chi connectivity index (χ2v) is 4.05. The van der Waals surface area contributed by atoms with Crippen molar-refractivity contribution in [3.63, 3.8) is 0 Å². The standard InChI is InChI=1S/C12H10ClN3O3/c13-8-3-4-9(11-7(8)2-1-5-15-11)19-6-10(17)16-12(14)18/h1-5H,6H2,(H3,14,16,17,18). The molecule has 1 aromatic heterocycles. The van der Waals surface area contributed by atoms with Crippen LogP contribution in [0.4, 0.5) is 4.79 Å². The summed E-state index contributed by atoms with van der Waals surface area (Å²) in [7, 11) is 0. The maximum absolute atomic E-state index is 11.2. The number of imide groups is 1. The molecule has 0 bridgehead atoms. The molecule has 2 aromatic rings. The zero-order valence-electron chi connectivity index (χ0n) is 9.72. The lowest BCUT2D eigenvalue weighted by Gasteiger charge is -2.08. The highest BCUT2D eigenvalue weighted by atomic mass is 35.5. The maximum Gasteiger partial charge on any atom is 0.318 e. The van der Waals surface area contributed by atoms with Crippen molar-refractivity contribution in [2.24, 2.45) is 5.73 Å². The summed E-state index contributed by atoms with van der Waals surface area (Å²) in [6, 6.07) is 5.87. The third kappa shape index (κ3) is 3.11. The van der Waals surface area contributed by atoms with Crippen LogP contribution in [0.5, 0.6) is 5.75 Å². The molecule has 19 heavy (non-hydrogen) atoms. The highest BCUT2D eigenvalue weighted by molar-refractivity contribution is 6.35. The van der Waals surface area contributed by atoms with Crippen LogP contribution in [-0.4, -0.2) is 23.5 Å². The number of fused-ring (bicyclic) bond motifs is 1. The van der Waals surface area contributed by atoms with Gasteiger partial charge >= 0.3 is 6.03 Å². The minimum Gasteiger partial charge on any atom is -0.481 e. The molecule has 0 aliphatic carbocycles. The van der Waals surface area contributed by atoms with Gasteiger partial charge in [0.05, 0.1) is 5.02 Å².